The Hall–Kier alpha value is -1.84. The number of aromatic nitrogens is 2. The van der Waals surface area contributed by atoms with E-state index in [9.17, 15) is 4.79 Å². The molecule has 1 aromatic heterocycles. The van der Waals surface area contributed by atoms with Gasteiger partial charge in [0.25, 0.3) is 0 Å². The molecule has 16 heavy (non-hydrogen) atoms. The molecule has 84 valence electrons. The zero-order valence-electron chi connectivity index (χ0n) is 9.43. The summed E-state index contributed by atoms with van der Waals surface area (Å²) < 4.78 is 6.84. The third-order valence-corrected chi connectivity index (χ3v) is 2.44. The molecule has 1 heterocycles. The molecular formula is C12H14N2O2. The van der Waals surface area contributed by atoms with Crippen LogP contribution in [0.25, 0.3) is 11.0 Å². The summed E-state index contributed by atoms with van der Waals surface area (Å²) in [6.07, 6.45) is 2.08. The Morgan fingerprint density at radius 1 is 1.50 bits per heavy atom. The van der Waals surface area contributed by atoms with Crippen molar-refractivity contribution in [3.8, 4) is 0 Å². The summed E-state index contributed by atoms with van der Waals surface area (Å²) in [5.74, 6) is -0.191. The van der Waals surface area contributed by atoms with Crippen molar-refractivity contribution in [3.63, 3.8) is 0 Å². The Balaban J connectivity index is 2.25. The van der Waals surface area contributed by atoms with Gasteiger partial charge in [-0.15, -0.1) is 0 Å². The van der Waals surface area contributed by atoms with Gasteiger partial charge >= 0.3 is 5.97 Å². The average molecular weight is 218 g/mol. The Labute approximate surface area is 93.9 Å². The molecule has 1 aromatic carbocycles. The Bertz CT molecular complexity index is 517. The number of hydrogen-bond acceptors (Lipinski definition) is 3. The topological polar surface area (TPSA) is 44.1 Å². The fraction of sp³-hybridized carbons (Fsp3) is 0.333. The normalized spacial score (nSPS) is 10.6. The van der Waals surface area contributed by atoms with Crippen LogP contribution >= 0.6 is 0 Å². The molecule has 0 saturated carbocycles. The van der Waals surface area contributed by atoms with Gasteiger partial charge in [-0.2, -0.15) is 0 Å². The summed E-state index contributed by atoms with van der Waals surface area (Å²) in [6, 6.07) is 5.80. The number of ether oxygens (including phenoxy) is 1. The molecule has 0 aliphatic rings. The van der Waals surface area contributed by atoms with Crippen molar-refractivity contribution in [1.82, 2.24) is 9.55 Å². The number of nitrogens with zero attached hydrogens (tertiary/aromatic N) is 2. The summed E-state index contributed by atoms with van der Waals surface area (Å²) in [5.41, 5.74) is 2.92. The number of aryl methyl sites for hydroxylation is 1. The summed E-state index contributed by atoms with van der Waals surface area (Å²) >= 11 is 0. The van der Waals surface area contributed by atoms with E-state index in [0.717, 1.165) is 16.6 Å². The lowest BCUT2D eigenvalue weighted by Crippen LogP contribution is -2.07. The van der Waals surface area contributed by atoms with Gasteiger partial charge in [0, 0.05) is 7.05 Å². The Morgan fingerprint density at radius 3 is 3.06 bits per heavy atom. The molecule has 4 nitrogen and oxygen atoms in total. The van der Waals surface area contributed by atoms with E-state index in [4.69, 9.17) is 4.74 Å². The first-order valence-electron chi connectivity index (χ1n) is 5.26. The second-order valence-electron chi connectivity index (χ2n) is 3.66. The predicted octanol–water partition coefficient (Wildman–Crippen LogP) is 1.68. The first-order chi connectivity index (χ1) is 7.70. The highest BCUT2D eigenvalue weighted by atomic mass is 16.5. The van der Waals surface area contributed by atoms with Crippen LogP contribution in [0, 0.1) is 0 Å². The lowest BCUT2D eigenvalue weighted by atomic mass is 10.1. The van der Waals surface area contributed by atoms with Crippen LogP contribution in [0.3, 0.4) is 0 Å². The van der Waals surface area contributed by atoms with Crippen molar-refractivity contribution in [1.29, 1.82) is 0 Å². The molecule has 0 saturated heterocycles. The molecule has 0 radical (unpaired) electrons. The number of carbonyl (C=O) groups excluding carboxylic acids is 1. The standard InChI is InChI=1S/C12H14N2O2/c1-3-16-12(15)7-9-4-5-10-11(6-9)14(2)8-13-10/h4-6,8H,3,7H2,1-2H3. The number of esters is 1. The van der Waals surface area contributed by atoms with Crippen molar-refractivity contribution in [2.75, 3.05) is 6.61 Å². The van der Waals surface area contributed by atoms with Crippen LogP contribution in [0.2, 0.25) is 0 Å². The fourth-order valence-electron chi connectivity index (χ4n) is 1.66. The SMILES string of the molecule is CCOC(=O)Cc1ccc2ncn(C)c2c1. The zero-order chi connectivity index (χ0) is 11.5. The van der Waals surface area contributed by atoms with Gasteiger partial charge < -0.3 is 9.30 Å². The van der Waals surface area contributed by atoms with Crippen LogP contribution in [0.5, 0.6) is 0 Å². The molecule has 0 aliphatic heterocycles. The molecule has 0 bridgehead atoms. The second-order valence-corrected chi connectivity index (χ2v) is 3.66. The number of benzene rings is 1. The third-order valence-electron chi connectivity index (χ3n) is 2.44. The smallest absolute Gasteiger partial charge is 0.310 e. The van der Waals surface area contributed by atoms with E-state index >= 15 is 0 Å². The van der Waals surface area contributed by atoms with E-state index in [2.05, 4.69) is 4.98 Å². The maximum Gasteiger partial charge on any atom is 0.310 e. The fourth-order valence-corrected chi connectivity index (χ4v) is 1.66. The lowest BCUT2D eigenvalue weighted by molar-refractivity contribution is -0.142. The summed E-state index contributed by atoms with van der Waals surface area (Å²) in [7, 11) is 1.93. The first kappa shape index (κ1) is 10.7. The molecule has 0 fully saturated rings. The van der Waals surface area contributed by atoms with Gasteiger partial charge in [-0.05, 0) is 24.6 Å². The number of hydrogen-bond donors (Lipinski definition) is 0. The molecule has 0 aliphatic carbocycles. The second kappa shape index (κ2) is 4.35. The molecule has 0 atom stereocenters. The van der Waals surface area contributed by atoms with Crippen LogP contribution in [0.4, 0.5) is 0 Å². The van der Waals surface area contributed by atoms with E-state index < -0.39 is 0 Å². The number of rotatable bonds is 3. The highest BCUT2D eigenvalue weighted by molar-refractivity contribution is 5.79. The van der Waals surface area contributed by atoms with Crippen molar-refractivity contribution >= 4 is 17.0 Å². The van der Waals surface area contributed by atoms with Crippen LogP contribution < -0.4 is 0 Å². The maximum absolute atomic E-state index is 11.3. The minimum atomic E-state index is -0.191. The molecule has 0 amide bonds. The largest absolute Gasteiger partial charge is 0.466 e. The quantitative estimate of drug-likeness (QED) is 0.736. The van der Waals surface area contributed by atoms with Gasteiger partial charge in [0.15, 0.2) is 0 Å². The molecule has 2 rings (SSSR count). The Kier molecular flexibility index (Phi) is 2.90. The van der Waals surface area contributed by atoms with Crippen LogP contribution in [-0.4, -0.2) is 22.1 Å². The monoisotopic (exact) mass is 218 g/mol. The van der Waals surface area contributed by atoms with Crippen molar-refractivity contribution < 1.29 is 9.53 Å². The molecule has 2 aromatic rings. The van der Waals surface area contributed by atoms with Crippen LogP contribution in [-0.2, 0) is 23.0 Å². The molecule has 4 heteroatoms. The average Bonchev–Trinajstić information content (AvgIpc) is 2.61. The summed E-state index contributed by atoms with van der Waals surface area (Å²) in [4.78, 5) is 15.5. The minimum Gasteiger partial charge on any atom is -0.466 e. The van der Waals surface area contributed by atoms with Crippen LogP contribution in [0.1, 0.15) is 12.5 Å². The molecular weight excluding hydrogens is 204 g/mol. The van der Waals surface area contributed by atoms with Gasteiger partial charge in [0.05, 0.1) is 30.4 Å². The van der Waals surface area contributed by atoms with Gasteiger partial charge in [-0.1, -0.05) is 6.07 Å². The minimum absolute atomic E-state index is 0.191. The van der Waals surface area contributed by atoms with E-state index in [1.807, 2.05) is 36.7 Å². The van der Waals surface area contributed by atoms with Crippen LogP contribution in [0.15, 0.2) is 24.5 Å². The maximum atomic E-state index is 11.3. The zero-order valence-corrected chi connectivity index (χ0v) is 9.43. The van der Waals surface area contributed by atoms with E-state index in [1.54, 1.807) is 6.33 Å². The van der Waals surface area contributed by atoms with Gasteiger partial charge in [0.1, 0.15) is 0 Å². The van der Waals surface area contributed by atoms with E-state index in [1.165, 1.54) is 0 Å². The van der Waals surface area contributed by atoms with Gasteiger partial charge in [-0.3, -0.25) is 4.79 Å². The van der Waals surface area contributed by atoms with Gasteiger partial charge in [0.2, 0.25) is 0 Å². The van der Waals surface area contributed by atoms with Crippen molar-refractivity contribution in [2.24, 2.45) is 7.05 Å². The van der Waals surface area contributed by atoms with E-state index in [-0.39, 0.29) is 5.97 Å². The first-order valence-corrected chi connectivity index (χ1v) is 5.26. The predicted molar refractivity (Wildman–Crippen MR) is 61.1 cm³/mol. The van der Waals surface area contributed by atoms with E-state index in [0.29, 0.717) is 13.0 Å². The summed E-state index contributed by atoms with van der Waals surface area (Å²) in [5, 5.41) is 0. The highest BCUT2D eigenvalue weighted by Crippen LogP contribution is 2.14. The molecule has 0 N–H and O–H groups in total. The third kappa shape index (κ3) is 2.05. The van der Waals surface area contributed by atoms with Crippen molar-refractivity contribution in [2.45, 2.75) is 13.3 Å². The molecule has 0 unspecified atom stereocenters. The summed E-state index contributed by atoms with van der Waals surface area (Å²) in [6.45, 7) is 2.23. The number of carbonyl (C=O) groups is 1. The Morgan fingerprint density at radius 2 is 2.31 bits per heavy atom. The van der Waals surface area contributed by atoms with Crippen molar-refractivity contribution in [3.05, 3.63) is 30.1 Å². The lowest BCUT2D eigenvalue weighted by Gasteiger charge is -2.02. The highest BCUT2D eigenvalue weighted by Gasteiger charge is 2.06. The van der Waals surface area contributed by atoms with Gasteiger partial charge in [-0.25, -0.2) is 4.98 Å². The number of fused-ring (bicyclic) bond motifs is 1. The number of imidazole rings is 1. The molecule has 0 spiro atoms.